The number of nitrogens with one attached hydrogen (secondary N) is 2. The van der Waals surface area contributed by atoms with Crippen LogP contribution in [-0.4, -0.2) is 26.2 Å². The first-order valence-corrected chi connectivity index (χ1v) is 4.38. The van der Waals surface area contributed by atoms with E-state index in [-0.39, 0.29) is 0 Å². The fraction of sp³-hybridized carbons (Fsp3) is 0.750. The van der Waals surface area contributed by atoms with E-state index in [1.54, 1.807) is 0 Å². The average Bonchev–Trinajstić information content (AvgIpc) is 2.06. The Kier molecular flexibility index (Phi) is 7.84. The lowest BCUT2D eigenvalue weighted by atomic mass is 10.4. The summed E-state index contributed by atoms with van der Waals surface area (Å²) in [6, 6.07) is 0. The molecule has 0 amide bonds. The van der Waals surface area contributed by atoms with E-state index in [1.165, 1.54) is 0 Å². The van der Waals surface area contributed by atoms with Gasteiger partial charge in [0.15, 0.2) is 0 Å². The Morgan fingerprint density at radius 3 is 1.75 bits per heavy atom. The summed E-state index contributed by atoms with van der Waals surface area (Å²) in [6.07, 6.45) is 1.94. The molecule has 6 N–H and O–H groups in total. The van der Waals surface area contributed by atoms with E-state index in [4.69, 9.17) is 11.5 Å². The SMILES string of the molecule is C=C(NCCCN)NCCCN. The number of nitrogens with two attached hydrogens (primary N) is 2. The molecule has 72 valence electrons. The zero-order chi connectivity index (χ0) is 9.23. The Bertz CT molecular complexity index is 102. The topological polar surface area (TPSA) is 76.1 Å². The van der Waals surface area contributed by atoms with Crippen LogP contribution in [0.15, 0.2) is 12.4 Å². The van der Waals surface area contributed by atoms with Crippen LogP contribution in [0.1, 0.15) is 12.8 Å². The molecule has 4 heteroatoms. The van der Waals surface area contributed by atoms with Crippen LogP contribution < -0.4 is 22.1 Å². The van der Waals surface area contributed by atoms with Gasteiger partial charge >= 0.3 is 0 Å². The minimum Gasteiger partial charge on any atom is -0.372 e. The maximum atomic E-state index is 5.33. The van der Waals surface area contributed by atoms with Crippen LogP contribution in [-0.2, 0) is 0 Å². The third kappa shape index (κ3) is 7.37. The largest absolute Gasteiger partial charge is 0.372 e. The summed E-state index contributed by atoms with van der Waals surface area (Å²) in [5.74, 6) is 0.858. The summed E-state index contributed by atoms with van der Waals surface area (Å²) in [6.45, 7) is 6.98. The Balaban J connectivity index is 3.10. The number of hydrogen-bond donors (Lipinski definition) is 4. The molecule has 0 spiro atoms. The molecule has 0 aliphatic heterocycles. The van der Waals surface area contributed by atoms with Gasteiger partial charge in [-0.15, -0.1) is 0 Å². The van der Waals surface area contributed by atoms with Crippen molar-refractivity contribution in [2.75, 3.05) is 26.2 Å². The van der Waals surface area contributed by atoms with Crippen LogP contribution in [0, 0.1) is 0 Å². The molecule has 0 radical (unpaired) electrons. The zero-order valence-corrected chi connectivity index (χ0v) is 7.60. The van der Waals surface area contributed by atoms with E-state index >= 15 is 0 Å². The normalized spacial score (nSPS) is 9.50. The van der Waals surface area contributed by atoms with Gasteiger partial charge in [0.05, 0.1) is 5.82 Å². The smallest absolute Gasteiger partial charge is 0.0912 e. The highest BCUT2D eigenvalue weighted by Gasteiger charge is 1.89. The molecule has 0 heterocycles. The minimum absolute atomic E-state index is 0.711. The van der Waals surface area contributed by atoms with Crippen molar-refractivity contribution in [1.29, 1.82) is 0 Å². The Hall–Kier alpha value is -0.740. The van der Waals surface area contributed by atoms with Crippen LogP contribution >= 0.6 is 0 Å². The van der Waals surface area contributed by atoms with Crippen LogP contribution in [0.25, 0.3) is 0 Å². The number of rotatable bonds is 8. The van der Waals surface area contributed by atoms with E-state index in [9.17, 15) is 0 Å². The van der Waals surface area contributed by atoms with E-state index in [1.807, 2.05) is 0 Å². The summed E-state index contributed by atoms with van der Waals surface area (Å²) in [5, 5.41) is 6.23. The second-order valence-electron chi connectivity index (χ2n) is 2.62. The third-order valence-electron chi connectivity index (χ3n) is 1.44. The molecule has 0 fully saturated rings. The lowest BCUT2D eigenvalue weighted by Gasteiger charge is -2.10. The van der Waals surface area contributed by atoms with Crippen LogP contribution in [0.5, 0.6) is 0 Å². The Morgan fingerprint density at radius 2 is 1.42 bits per heavy atom. The Labute approximate surface area is 74.4 Å². The summed E-state index contributed by atoms with van der Waals surface area (Å²) in [4.78, 5) is 0. The third-order valence-corrected chi connectivity index (χ3v) is 1.44. The van der Waals surface area contributed by atoms with Gasteiger partial charge in [-0.2, -0.15) is 0 Å². The summed E-state index contributed by atoms with van der Waals surface area (Å²) in [7, 11) is 0. The molecule has 0 aromatic carbocycles. The van der Waals surface area contributed by atoms with Crippen molar-refractivity contribution < 1.29 is 0 Å². The maximum Gasteiger partial charge on any atom is 0.0912 e. The van der Waals surface area contributed by atoms with E-state index in [0.717, 1.165) is 31.8 Å². The molecule has 0 aliphatic carbocycles. The van der Waals surface area contributed by atoms with Crippen LogP contribution in [0.4, 0.5) is 0 Å². The van der Waals surface area contributed by atoms with E-state index in [2.05, 4.69) is 17.2 Å². The molecule has 0 aromatic rings. The first-order chi connectivity index (χ1) is 5.81. The van der Waals surface area contributed by atoms with Crippen molar-refractivity contribution in [3.8, 4) is 0 Å². The predicted octanol–water partition coefficient (Wildman–Crippen LogP) is -0.666. The molecule has 0 saturated carbocycles. The van der Waals surface area contributed by atoms with Crippen molar-refractivity contribution in [3.63, 3.8) is 0 Å². The maximum absolute atomic E-state index is 5.33. The first kappa shape index (κ1) is 11.3. The van der Waals surface area contributed by atoms with Gasteiger partial charge in [-0.1, -0.05) is 6.58 Å². The quantitative estimate of drug-likeness (QED) is 0.366. The molecule has 0 rings (SSSR count). The highest BCUT2D eigenvalue weighted by molar-refractivity contribution is 4.87. The second kappa shape index (κ2) is 8.36. The predicted molar refractivity (Wildman–Crippen MR) is 52.5 cm³/mol. The van der Waals surface area contributed by atoms with Crippen molar-refractivity contribution in [2.24, 2.45) is 11.5 Å². The summed E-state index contributed by atoms with van der Waals surface area (Å²) < 4.78 is 0. The molecule has 0 unspecified atom stereocenters. The van der Waals surface area contributed by atoms with Gasteiger partial charge in [0.1, 0.15) is 0 Å². The van der Waals surface area contributed by atoms with E-state index < -0.39 is 0 Å². The molecule has 0 aromatic heterocycles. The highest BCUT2D eigenvalue weighted by Crippen LogP contribution is 1.79. The molecular weight excluding hydrogens is 152 g/mol. The molecule has 0 bridgehead atoms. The summed E-state index contributed by atoms with van der Waals surface area (Å²) >= 11 is 0. The fourth-order valence-corrected chi connectivity index (χ4v) is 0.745. The van der Waals surface area contributed by atoms with Crippen molar-refractivity contribution in [2.45, 2.75) is 12.8 Å². The first-order valence-electron chi connectivity index (χ1n) is 4.38. The van der Waals surface area contributed by atoms with Crippen molar-refractivity contribution >= 4 is 0 Å². The van der Waals surface area contributed by atoms with Gasteiger partial charge in [-0.25, -0.2) is 0 Å². The van der Waals surface area contributed by atoms with Gasteiger partial charge in [0.25, 0.3) is 0 Å². The van der Waals surface area contributed by atoms with Crippen LogP contribution in [0.3, 0.4) is 0 Å². The van der Waals surface area contributed by atoms with Crippen molar-refractivity contribution in [1.82, 2.24) is 10.6 Å². The van der Waals surface area contributed by atoms with Crippen molar-refractivity contribution in [3.05, 3.63) is 12.4 Å². The van der Waals surface area contributed by atoms with Gasteiger partial charge in [-0.3, -0.25) is 0 Å². The summed E-state index contributed by atoms with van der Waals surface area (Å²) in [5.41, 5.74) is 10.7. The van der Waals surface area contributed by atoms with Gasteiger partial charge in [0, 0.05) is 13.1 Å². The fourth-order valence-electron chi connectivity index (χ4n) is 0.745. The average molecular weight is 172 g/mol. The highest BCUT2D eigenvalue weighted by atomic mass is 15.1. The van der Waals surface area contributed by atoms with Gasteiger partial charge in [0.2, 0.25) is 0 Å². The standard InChI is InChI=1S/C8H20N4/c1-8(11-6-2-4-9)12-7-3-5-10/h11-12H,1-7,9-10H2. The Morgan fingerprint density at radius 1 is 1.00 bits per heavy atom. The molecule has 0 saturated heterocycles. The minimum atomic E-state index is 0.711. The molecular formula is C8H20N4. The number of hydrogen-bond acceptors (Lipinski definition) is 4. The van der Waals surface area contributed by atoms with E-state index in [0.29, 0.717) is 13.1 Å². The van der Waals surface area contributed by atoms with Gasteiger partial charge < -0.3 is 22.1 Å². The zero-order valence-electron chi connectivity index (χ0n) is 7.60. The lowest BCUT2D eigenvalue weighted by Crippen LogP contribution is -2.28. The lowest BCUT2D eigenvalue weighted by molar-refractivity contribution is 0.644. The molecule has 0 atom stereocenters. The molecule has 12 heavy (non-hydrogen) atoms. The second-order valence-corrected chi connectivity index (χ2v) is 2.62. The molecule has 4 nitrogen and oxygen atoms in total. The molecule has 0 aliphatic rings. The van der Waals surface area contributed by atoms with Crippen LogP contribution in [0.2, 0.25) is 0 Å². The monoisotopic (exact) mass is 172 g/mol. The van der Waals surface area contributed by atoms with Gasteiger partial charge in [-0.05, 0) is 25.9 Å².